The van der Waals surface area contributed by atoms with Gasteiger partial charge in [-0.1, -0.05) is 12.1 Å². The molecule has 0 heterocycles. The Morgan fingerprint density at radius 1 is 1.47 bits per heavy atom. The number of nitrogens with one attached hydrogen (secondary N) is 1. The molecule has 1 rings (SSSR count). The fourth-order valence-electron chi connectivity index (χ4n) is 1.60. The van der Waals surface area contributed by atoms with E-state index in [4.69, 9.17) is 0 Å². The minimum absolute atomic E-state index is 0.157. The van der Waals surface area contributed by atoms with Gasteiger partial charge in [0.05, 0.1) is 0 Å². The number of anilines is 1. The maximum Gasteiger partial charge on any atom is 0.223 e. The highest BCUT2D eigenvalue weighted by Gasteiger charge is 2.13. The second-order valence-corrected chi connectivity index (χ2v) is 3.99. The molecule has 0 atom stereocenters. The molecule has 0 aliphatic carbocycles. The first-order valence-electron chi connectivity index (χ1n) is 5.96. The standard InChI is InChI=1S/C14H17FN2O2/c1-3-8-16-14(19)7-9-17(11(2)18)13-6-4-5-12(15)10-13/h3-6,10H,1,7-9H2,2H3,(H,16,19). The fourth-order valence-corrected chi connectivity index (χ4v) is 1.60. The molecule has 0 aliphatic heterocycles. The Bertz CT molecular complexity index is 474. The molecular formula is C14H17FN2O2. The molecule has 1 aromatic rings. The van der Waals surface area contributed by atoms with E-state index in [-0.39, 0.29) is 24.8 Å². The van der Waals surface area contributed by atoms with Crippen LogP contribution in [-0.2, 0) is 9.59 Å². The molecule has 0 unspecified atom stereocenters. The summed E-state index contributed by atoms with van der Waals surface area (Å²) in [4.78, 5) is 24.4. The van der Waals surface area contributed by atoms with Crippen LogP contribution in [0, 0.1) is 5.82 Å². The lowest BCUT2D eigenvalue weighted by atomic mass is 10.2. The number of benzene rings is 1. The highest BCUT2D eigenvalue weighted by molar-refractivity contribution is 5.92. The quantitative estimate of drug-likeness (QED) is 0.797. The number of nitrogens with zero attached hydrogens (tertiary/aromatic N) is 1. The normalized spacial score (nSPS) is 9.79. The Hall–Kier alpha value is -2.17. The van der Waals surface area contributed by atoms with Crippen LogP contribution in [0.2, 0.25) is 0 Å². The van der Waals surface area contributed by atoms with Gasteiger partial charge in [-0.15, -0.1) is 6.58 Å². The van der Waals surface area contributed by atoms with Gasteiger partial charge in [-0.25, -0.2) is 4.39 Å². The van der Waals surface area contributed by atoms with Crippen molar-refractivity contribution in [2.45, 2.75) is 13.3 Å². The van der Waals surface area contributed by atoms with Gasteiger partial charge in [0.2, 0.25) is 11.8 Å². The van der Waals surface area contributed by atoms with E-state index in [1.807, 2.05) is 0 Å². The zero-order chi connectivity index (χ0) is 14.3. The zero-order valence-corrected chi connectivity index (χ0v) is 10.9. The second kappa shape index (κ2) is 7.31. The fraction of sp³-hybridized carbons (Fsp3) is 0.286. The maximum absolute atomic E-state index is 13.1. The highest BCUT2D eigenvalue weighted by atomic mass is 19.1. The lowest BCUT2D eigenvalue weighted by Gasteiger charge is -2.20. The summed E-state index contributed by atoms with van der Waals surface area (Å²) in [6, 6.07) is 5.73. The Labute approximate surface area is 111 Å². The summed E-state index contributed by atoms with van der Waals surface area (Å²) in [6.45, 7) is 5.47. The van der Waals surface area contributed by atoms with Crippen LogP contribution in [0.25, 0.3) is 0 Å². The number of hydrogen-bond acceptors (Lipinski definition) is 2. The van der Waals surface area contributed by atoms with Crippen molar-refractivity contribution in [1.82, 2.24) is 5.32 Å². The molecular weight excluding hydrogens is 247 g/mol. The van der Waals surface area contributed by atoms with Crippen LogP contribution < -0.4 is 10.2 Å². The molecule has 0 aromatic heterocycles. The first kappa shape index (κ1) is 14.9. The van der Waals surface area contributed by atoms with E-state index in [2.05, 4.69) is 11.9 Å². The summed E-state index contributed by atoms with van der Waals surface area (Å²) in [5.74, 6) is -0.829. The minimum Gasteiger partial charge on any atom is -0.353 e. The van der Waals surface area contributed by atoms with Gasteiger partial charge in [0.1, 0.15) is 5.82 Å². The molecule has 0 bridgehead atoms. The molecule has 5 heteroatoms. The van der Waals surface area contributed by atoms with Crippen LogP contribution in [0.4, 0.5) is 10.1 Å². The Kier molecular flexibility index (Phi) is 5.73. The van der Waals surface area contributed by atoms with Gasteiger partial charge in [-0.2, -0.15) is 0 Å². The van der Waals surface area contributed by atoms with Crippen molar-refractivity contribution in [3.63, 3.8) is 0 Å². The highest BCUT2D eigenvalue weighted by Crippen LogP contribution is 2.16. The minimum atomic E-state index is -0.417. The Morgan fingerprint density at radius 3 is 2.79 bits per heavy atom. The maximum atomic E-state index is 13.1. The monoisotopic (exact) mass is 264 g/mol. The van der Waals surface area contributed by atoms with Crippen LogP contribution in [0.5, 0.6) is 0 Å². The van der Waals surface area contributed by atoms with Crippen LogP contribution >= 0.6 is 0 Å². The van der Waals surface area contributed by atoms with Crippen molar-refractivity contribution < 1.29 is 14.0 Å². The van der Waals surface area contributed by atoms with Crippen molar-refractivity contribution in [1.29, 1.82) is 0 Å². The summed E-state index contributed by atoms with van der Waals surface area (Å²) >= 11 is 0. The molecule has 0 spiro atoms. The number of carbonyl (C=O) groups is 2. The number of hydrogen-bond donors (Lipinski definition) is 1. The van der Waals surface area contributed by atoms with Crippen LogP contribution in [0.1, 0.15) is 13.3 Å². The van der Waals surface area contributed by atoms with E-state index in [9.17, 15) is 14.0 Å². The predicted octanol–water partition coefficient (Wildman–Crippen LogP) is 1.87. The largest absolute Gasteiger partial charge is 0.353 e. The zero-order valence-electron chi connectivity index (χ0n) is 10.9. The molecule has 0 aliphatic rings. The third-order valence-electron chi connectivity index (χ3n) is 2.51. The smallest absolute Gasteiger partial charge is 0.223 e. The van der Waals surface area contributed by atoms with E-state index >= 15 is 0 Å². The first-order valence-corrected chi connectivity index (χ1v) is 5.96. The molecule has 0 saturated heterocycles. The van der Waals surface area contributed by atoms with Crippen molar-refractivity contribution in [3.8, 4) is 0 Å². The predicted molar refractivity (Wildman–Crippen MR) is 72.3 cm³/mol. The summed E-state index contributed by atoms with van der Waals surface area (Å²) in [5.41, 5.74) is 0.448. The molecule has 4 nitrogen and oxygen atoms in total. The van der Waals surface area contributed by atoms with Crippen LogP contribution in [0.15, 0.2) is 36.9 Å². The number of amides is 2. The average molecular weight is 264 g/mol. The first-order chi connectivity index (χ1) is 9.04. The Balaban J connectivity index is 2.66. The molecule has 0 saturated carbocycles. The average Bonchev–Trinajstić information content (AvgIpc) is 2.36. The molecule has 1 aromatic carbocycles. The SMILES string of the molecule is C=CCNC(=O)CCN(C(C)=O)c1cccc(F)c1. The van der Waals surface area contributed by atoms with Gasteiger partial charge in [-0.05, 0) is 18.2 Å². The number of rotatable bonds is 6. The summed E-state index contributed by atoms with van der Waals surface area (Å²) in [5, 5.41) is 2.62. The van der Waals surface area contributed by atoms with E-state index in [0.717, 1.165) is 0 Å². The van der Waals surface area contributed by atoms with Gasteiger partial charge in [0, 0.05) is 32.1 Å². The molecule has 2 amide bonds. The van der Waals surface area contributed by atoms with E-state index in [1.165, 1.54) is 30.0 Å². The topological polar surface area (TPSA) is 49.4 Å². The summed E-state index contributed by atoms with van der Waals surface area (Å²) < 4.78 is 13.1. The lowest BCUT2D eigenvalue weighted by Crippen LogP contribution is -2.33. The molecule has 0 radical (unpaired) electrons. The summed E-state index contributed by atoms with van der Waals surface area (Å²) in [7, 11) is 0. The molecule has 19 heavy (non-hydrogen) atoms. The van der Waals surface area contributed by atoms with Gasteiger partial charge in [0.25, 0.3) is 0 Å². The molecule has 0 fully saturated rings. The second-order valence-electron chi connectivity index (χ2n) is 3.99. The third kappa shape index (κ3) is 4.91. The van der Waals surface area contributed by atoms with Gasteiger partial charge in [-0.3, -0.25) is 9.59 Å². The van der Waals surface area contributed by atoms with Crippen molar-refractivity contribution in [3.05, 3.63) is 42.7 Å². The van der Waals surface area contributed by atoms with Gasteiger partial charge < -0.3 is 10.2 Å². The van der Waals surface area contributed by atoms with Crippen molar-refractivity contribution in [2.24, 2.45) is 0 Å². The summed E-state index contributed by atoms with van der Waals surface area (Å²) in [6.07, 6.45) is 1.73. The number of halogens is 1. The van der Waals surface area contributed by atoms with E-state index in [1.54, 1.807) is 12.1 Å². The van der Waals surface area contributed by atoms with Gasteiger partial charge in [0.15, 0.2) is 0 Å². The lowest BCUT2D eigenvalue weighted by molar-refractivity contribution is -0.120. The Morgan fingerprint density at radius 2 is 2.21 bits per heavy atom. The van der Waals surface area contributed by atoms with Crippen molar-refractivity contribution >= 4 is 17.5 Å². The van der Waals surface area contributed by atoms with Crippen molar-refractivity contribution in [2.75, 3.05) is 18.0 Å². The van der Waals surface area contributed by atoms with Gasteiger partial charge >= 0.3 is 0 Å². The van der Waals surface area contributed by atoms with Crippen LogP contribution in [0.3, 0.4) is 0 Å². The molecule has 102 valence electrons. The van der Waals surface area contributed by atoms with E-state index in [0.29, 0.717) is 12.2 Å². The molecule has 1 N–H and O–H groups in total. The van der Waals surface area contributed by atoms with Crippen LogP contribution in [-0.4, -0.2) is 24.9 Å². The number of carbonyl (C=O) groups excluding carboxylic acids is 2. The van der Waals surface area contributed by atoms with E-state index < -0.39 is 5.82 Å². The third-order valence-corrected chi connectivity index (χ3v) is 2.51.